The number of benzene rings is 2. The summed E-state index contributed by atoms with van der Waals surface area (Å²) in [7, 11) is 4.09. The van der Waals surface area contributed by atoms with Gasteiger partial charge in [0.05, 0.1) is 23.4 Å². The average molecular weight is 427 g/mol. The van der Waals surface area contributed by atoms with Gasteiger partial charge in [-0.2, -0.15) is 0 Å². The molecule has 0 saturated heterocycles. The molecule has 0 aliphatic rings. The summed E-state index contributed by atoms with van der Waals surface area (Å²) in [5.41, 5.74) is 3.62. The predicted molar refractivity (Wildman–Crippen MR) is 128 cm³/mol. The number of aromatic nitrogens is 2. The molecule has 0 fully saturated rings. The molecule has 1 N–H and O–H groups in total. The Bertz CT molecular complexity index is 1190. The Balaban J connectivity index is 1.52. The first-order chi connectivity index (χ1) is 15.6. The van der Waals surface area contributed by atoms with E-state index in [9.17, 15) is 4.79 Å². The van der Waals surface area contributed by atoms with Crippen molar-refractivity contribution in [2.24, 2.45) is 0 Å². The van der Waals surface area contributed by atoms with Gasteiger partial charge in [0, 0.05) is 35.6 Å². The van der Waals surface area contributed by atoms with E-state index in [1.54, 1.807) is 12.4 Å². The number of nitrogens with one attached hydrogen (secondary N) is 1. The molecule has 6 heteroatoms. The summed E-state index contributed by atoms with van der Waals surface area (Å²) in [6.45, 7) is 1.64. The number of hydrogen-bond donors (Lipinski definition) is 1. The van der Waals surface area contributed by atoms with Crippen LogP contribution in [0.1, 0.15) is 16.8 Å². The van der Waals surface area contributed by atoms with Crippen molar-refractivity contribution in [3.63, 3.8) is 0 Å². The van der Waals surface area contributed by atoms with E-state index in [1.807, 2.05) is 80.8 Å². The molecule has 0 aliphatic heterocycles. The molecule has 0 bridgehead atoms. The fraction of sp³-hybridized carbons (Fsp3) is 0.192. The maximum atomic E-state index is 13.2. The molecule has 0 unspecified atom stereocenters. The van der Waals surface area contributed by atoms with Crippen LogP contribution in [0.25, 0.3) is 22.2 Å². The zero-order chi connectivity index (χ0) is 22.3. The molecular weight excluding hydrogens is 400 g/mol. The van der Waals surface area contributed by atoms with Gasteiger partial charge in [0.1, 0.15) is 5.75 Å². The normalized spacial score (nSPS) is 11.0. The molecular formula is C26H26N4O2. The second-order valence-corrected chi connectivity index (χ2v) is 7.80. The van der Waals surface area contributed by atoms with E-state index in [0.29, 0.717) is 23.6 Å². The van der Waals surface area contributed by atoms with E-state index in [1.165, 1.54) is 0 Å². The van der Waals surface area contributed by atoms with Gasteiger partial charge in [-0.1, -0.05) is 18.2 Å². The molecule has 6 nitrogen and oxygen atoms in total. The first-order valence-electron chi connectivity index (χ1n) is 10.6. The highest BCUT2D eigenvalue weighted by atomic mass is 16.5. The highest BCUT2D eigenvalue weighted by Crippen LogP contribution is 2.25. The van der Waals surface area contributed by atoms with Gasteiger partial charge in [-0.15, -0.1) is 0 Å². The Morgan fingerprint density at radius 3 is 2.59 bits per heavy atom. The summed E-state index contributed by atoms with van der Waals surface area (Å²) in [5, 5.41) is 3.80. The number of para-hydroxylation sites is 1. The van der Waals surface area contributed by atoms with Crippen LogP contribution in [0, 0.1) is 0 Å². The summed E-state index contributed by atoms with van der Waals surface area (Å²) in [6.07, 6.45) is 4.42. The van der Waals surface area contributed by atoms with Crippen molar-refractivity contribution in [2.45, 2.75) is 6.42 Å². The van der Waals surface area contributed by atoms with Crippen LogP contribution in [0.15, 0.2) is 79.1 Å². The van der Waals surface area contributed by atoms with Crippen molar-refractivity contribution in [3.05, 3.63) is 84.7 Å². The molecule has 0 radical (unpaired) electrons. The number of carbonyl (C=O) groups is 1. The minimum Gasteiger partial charge on any atom is -0.494 e. The predicted octanol–water partition coefficient (Wildman–Crippen LogP) is 4.88. The molecule has 2 aromatic carbocycles. The zero-order valence-electron chi connectivity index (χ0n) is 18.3. The minimum atomic E-state index is -0.187. The molecule has 162 valence electrons. The first-order valence-corrected chi connectivity index (χ1v) is 10.6. The highest BCUT2D eigenvalue weighted by Gasteiger charge is 2.14. The van der Waals surface area contributed by atoms with Crippen molar-refractivity contribution in [2.75, 3.05) is 32.6 Å². The number of carbonyl (C=O) groups excluding carboxylic acids is 1. The Kier molecular flexibility index (Phi) is 6.72. The average Bonchev–Trinajstić information content (AvgIpc) is 2.82. The standard InChI is InChI=1S/C26H26N4O2/c1-30(2)15-6-16-32-21-12-10-20(11-13-21)28-26(31)23-17-25(19-7-5-14-27-18-19)29-24-9-4-3-8-22(23)24/h3-5,7-14,17-18H,6,15-16H2,1-2H3,(H,28,31). The maximum Gasteiger partial charge on any atom is 0.256 e. The number of ether oxygens (including phenoxy) is 1. The molecule has 4 rings (SSSR count). The van der Waals surface area contributed by atoms with Crippen LogP contribution in [0.2, 0.25) is 0 Å². The summed E-state index contributed by atoms with van der Waals surface area (Å²) >= 11 is 0. The van der Waals surface area contributed by atoms with Crippen LogP contribution in [0.5, 0.6) is 5.75 Å². The molecule has 32 heavy (non-hydrogen) atoms. The molecule has 2 aromatic heterocycles. The van der Waals surface area contributed by atoms with Gasteiger partial charge in [0.2, 0.25) is 0 Å². The molecule has 0 spiro atoms. The molecule has 1 amide bonds. The van der Waals surface area contributed by atoms with Crippen molar-refractivity contribution in [1.29, 1.82) is 0 Å². The first kappa shape index (κ1) is 21.5. The number of hydrogen-bond acceptors (Lipinski definition) is 5. The number of rotatable bonds is 8. The molecule has 2 heterocycles. The van der Waals surface area contributed by atoms with Gasteiger partial charge < -0.3 is 15.0 Å². The van der Waals surface area contributed by atoms with Crippen LogP contribution < -0.4 is 10.1 Å². The summed E-state index contributed by atoms with van der Waals surface area (Å²) < 4.78 is 5.77. The number of nitrogens with zero attached hydrogens (tertiary/aromatic N) is 3. The van der Waals surface area contributed by atoms with Crippen LogP contribution in [0.3, 0.4) is 0 Å². The van der Waals surface area contributed by atoms with Gasteiger partial charge in [-0.3, -0.25) is 9.78 Å². The Hall–Kier alpha value is -3.77. The largest absolute Gasteiger partial charge is 0.494 e. The van der Waals surface area contributed by atoms with Crippen molar-refractivity contribution in [1.82, 2.24) is 14.9 Å². The summed E-state index contributed by atoms with van der Waals surface area (Å²) in [5.74, 6) is 0.600. The molecule has 0 saturated carbocycles. The molecule has 4 aromatic rings. The van der Waals surface area contributed by atoms with E-state index in [4.69, 9.17) is 9.72 Å². The van der Waals surface area contributed by atoms with Crippen molar-refractivity contribution < 1.29 is 9.53 Å². The van der Waals surface area contributed by atoms with E-state index in [-0.39, 0.29) is 5.91 Å². The van der Waals surface area contributed by atoms with Gasteiger partial charge in [-0.25, -0.2) is 4.98 Å². The van der Waals surface area contributed by atoms with Gasteiger partial charge >= 0.3 is 0 Å². The van der Waals surface area contributed by atoms with E-state index < -0.39 is 0 Å². The fourth-order valence-corrected chi connectivity index (χ4v) is 3.43. The van der Waals surface area contributed by atoms with Gasteiger partial charge in [0.15, 0.2) is 0 Å². The van der Waals surface area contributed by atoms with Crippen molar-refractivity contribution in [3.8, 4) is 17.0 Å². The number of pyridine rings is 2. The molecule has 0 atom stereocenters. The lowest BCUT2D eigenvalue weighted by atomic mass is 10.0. The monoisotopic (exact) mass is 426 g/mol. The van der Waals surface area contributed by atoms with Crippen LogP contribution in [-0.4, -0.2) is 48.0 Å². The van der Waals surface area contributed by atoms with Crippen LogP contribution in [-0.2, 0) is 0 Å². The second kappa shape index (κ2) is 10.0. The Morgan fingerprint density at radius 1 is 1.03 bits per heavy atom. The number of fused-ring (bicyclic) bond motifs is 1. The topological polar surface area (TPSA) is 67.3 Å². The van der Waals surface area contributed by atoms with Gasteiger partial charge in [0.25, 0.3) is 5.91 Å². The number of anilines is 1. The Labute approximate surface area is 187 Å². The summed E-state index contributed by atoms with van der Waals surface area (Å²) in [6, 6.07) is 20.7. The minimum absolute atomic E-state index is 0.187. The van der Waals surface area contributed by atoms with Crippen LogP contribution >= 0.6 is 0 Å². The van der Waals surface area contributed by atoms with E-state index in [2.05, 4.69) is 15.2 Å². The lowest BCUT2D eigenvalue weighted by Crippen LogP contribution is -2.15. The zero-order valence-corrected chi connectivity index (χ0v) is 18.3. The SMILES string of the molecule is CN(C)CCCOc1ccc(NC(=O)c2cc(-c3cccnc3)nc3ccccc23)cc1. The lowest BCUT2D eigenvalue weighted by Gasteiger charge is -2.12. The quantitative estimate of drug-likeness (QED) is 0.407. The van der Waals surface area contributed by atoms with E-state index in [0.717, 1.165) is 35.2 Å². The van der Waals surface area contributed by atoms with Crippen molar-refractivity contribution >= 4 is 22.5 Å². The highest BCUT2D eigenvalue weighted by molar-refractivity contribution is 6.13. The third kappa shape index (κ3) is 5.28. The third-order valence-electron chi connectivity index (χ3n) is 5.05. The fourth-order valence-electron chi connectivity index (χ4n) is 3.43. The summed E-state index contributed by atoms with van der Waals surface area (Å²) in [4.78, 5) is 24.2. The van der Waals surface area contributed by atoms with E-state index >= 15 is 0 Å². The third-order valence-corrected chi connectivity index (χ3v) is 5.05. The lowest BCUT2D eigenvalue weighted by molar-refractivity contribution is 0.102. The maximum absolute atomic E-state index is 13.2. The second-order valence-electron chi connectivity index (χ2n) is 7.80. The van der Waals surface area contributed by atoms with Crippen LogP contribution in [0.4, 0.5) is 5.69 Å². The van der Waals surface area contributed by atoms with Gasteiger partial charge in [-0.05, 0) is 69.0 Å². The Morgan fingerprint density at radius 2 is 1.84 bits per heavy atom. The molecule has 0 aliphatic carbocycles. The smallest absolute Gasteiger partial charge is 0.256 e. The number of amides is 1.